The van der Waals surface area contributed by atoms with Crippen LogP contribution in [0.3, 0.4) is 0 Å². The number of carbonyl (C=O) groups is 1. The average Bonchev–Trinajstić information content (AvgIpc) is 3.47. The van der Waals surface area contributed by atoms with Crippen molar-refractivity contribution in [2.75, 3.05) is 0 Å². The Morgan fingerprint density at radius 2 is 2.00 bits per heavy atom. The zero-order chi connectivity index (χ0) is 19.3. The van der Waals surface area contributed by atoms with Gasteiger partial charge in [0.25, 0.3) is 5.56 Å². The molecule has 1 aromatic carbocycles. The van der Waals surface area contributed by atoms with Gasteiger partial charge in [0.2, 0.25) is 0 Å². The Balaban J connectivity index is 0.00000225. The number of nitrogens with zero attached hydrogens (tertiary/aromatic N) is 1. The lowest BCUT2D eigenvalue weighted by Crippen LogP contribution is -2.23. The van der Waals surface area contributed by atoms with Gasteiger partial charge in [-0.25, -0.2) is 9.18 Å². The number of carboxylic acid groups (broad SMARTS) is 1. The monoisotopic (exact) mass is 402 g/mol. The predicted molar refractivity (Wildman–Crippen MR) is 108 cm³/mol. The second kappa shape index (κ2) is 7.37. The molecular formula is C21H20ClFN2O3. The van der Waals surface area contributed by atoms with Crippen molar-refractivity contribution in [1.29, 1.82) is 0 Å². The van der Waals surface area contributed by atoms with Gasteiger partial charge >= 0.3 is 5.97 Å². The summed E-state index contributed by atoms with van der Waals surface area (Å²) < 4.78 is 15.6. The minimum absolute atomic E-state index is 0. The third-order valence-corrected chi connectivity index (χ3v) is 5.24. The highest BCUT2D eigenvalue weighted by Gasteiger charge is 2.29. The zero-order valence-electron chi connectivity index (χ0n) is 15.2. The molecule has 4 rings (SSSR count). The van der Waals surface area contributed by atoms with Crippen LogP contribution in [0, 0.1) is 12.7 Å². The van der Waals surface area contributed by atoms with E-state index < -0.39 is 11.5 Å². The molecule has 2 aromatic heterocycles. The Morgan fingerprint density at radius 1 is 1.29 bits per heavy atom. The fourth-order valence-corrected chi connectivity index (χ4v) is 3.65. The van der Waals surface area contributed by atoms with Gasteiger partial charge in [-0.3, -0.25) is 9.20 Å². The first-order valence-corrected chi connectivity index (χ1v) is 8.83. The van der Waals surface area contributed by atoms with Crippen molar-refractivity contribution in [3.8, 4) is 11.1 Å². The highest BCUT2D eigenvalue weighted by molar-refractivity contribution is 5.89. The minimum atomic E-state index is -1.22. The smallest absolute Gasteiger partial charge is 0.341 e. The van der Waals surface area contributed by atoms with Crippen molar-refractivity contribution < 1.29 is 14.3 Å². The molecule has 146 valence electrons. The van der Waals surface area contributed by atoms with Crippen molar-refractivity contribution in [3.63, 3.8) is 0 Å². The van der Waals surface area contributed by atoms with Crippen LogP contribution in [0.2, 0.25) is 0 Å². The summed E-state index contributed by atoms with van der Waals surface area (Å²) in [5.41, 5.74) is 9.11. The molecule has 28 heavy (non-hydrogen) atoms. The van der Waals surface area contributed by atoms with Gasteiger partial charge in [0.05, 0.1) is 5.52 Å². The maximum Gasteiger partial charge on any atom is 0.341 e. The molecule has 0 radical (unpaired) electrons. The fourth-order valence-electron chi connectivity index (χ4n) is 3.65. The highest BCUT2D eigenvalue weighted by atomic mass is 35.5. The van der Waals surface area contributed by atoms with Crippen molar-refractivity contribution in [2.24, 2.45) is 5.73 Å². The summed E-state index contributed by atoms with van der Waals surface area (Å²) in [6.07, 6.45) is 3.51. The number of rotatable bonds is 4. The zero-order valence-corrected chi connectivity index (χ0v) is 16.1. The Bertz CT molecular complexity index is 1150. The number of benzene rings is 1. The molecule has 0 amide bonds. The maximum atomic E-state index is 14.2. The summed E-state index contributed by atoms with van der Waals surface area (Å²) >= 11 is 0. The molecule has 1 fully saturated rings. The Kier molecular flexibility index (Phi) is 5.28. The van der Waals surface area contributed by atoms with Gasteiger partial charge in [-0.05, 0) is 66.1 Å². The van der Waals surface area contributed by atoms with Crippen LogP contribution in [0.15, 0.2) is 41.3 Å². The van der Waals surface area contributed by atoms with Crippen molar-refractivity contribution in [3.05, 3.63) is 75.0 Å². The molecule has 0 bridgehead atoms. The summed E-state index contributed by atoms with van der Waals surface area (Å²) in [4.78, 5) is 24.1. The highest BCUT2D eigenvalue weighted by Crippen LogP contribution is 2.43. The van der Waals surface area contributed by atoms with Gasteiger partial charge in [-0.1, -0.05) is 12.1 Å². The molecule has 0 saturated heterocycles. The van der Waals surface area contributed by atoms with Gasteiger partial charge in [0.15, 0.2) is 0 Å². The third-order valence-electron chi connectivity index (χ3n) is 5.24. The standard InChI is InChI=1S/C21H19FN2O3.ClH/c1-11-15(13-4-5-14(10-23)18(22)8-13)6-7-24-19(11)16(12-2-3-12)9-17(20(24)25)21(26)27;/h4-9,12H,2-3,10,23H2,1H3,(H,26,27);1H. The molecule has 2 heterocycles. The van der Waals surface area contributed by atoms with Gasteiger partial charge in [0.1, 0.15) is 11.4 Å². The molecule has 3 N–H and O–H groups in total. The molecule has 0 aliphatic heterocycles. The van der Waals surface area contributed by atoms with E-state index in [2.05, 4.69) is 0 Å². The molecule has 0 atom stereocenters. The number of hydrogen-bond acceptors (Lipinski definition) is 3. The Hall–Kier alpha value is -2.70. The lowest BCUT2D eigenvalue weighted by Gasteiger charge is -2.15. The average molecular weight is 403 g/mol. The SMILES string of the molecule is Cc1c(-c2ccc(CN)c(F)c2)ccn2c(=O)c(C(=O)O)cc(C3CC3)c12.Cl. The fraction of sp³-hybridized carbons (Fsp3) is 0.238. The van der Waals surface area contributed by atoms with E-state index in [-0.39, 0.29) is 36.3 Å². The number of aromatic nitrogens is 1. The maximum absolute atomic E-state index is 14.2. The van der Waals surface area contributed by atoms with Crippen molar-refractivity contribution in [1.82, 2.24) is 4.40 Å². The molecule has 0 spiro atoms. The van der Waals surface area contributed by atoms with E-state index in [1.165, 1.54) is 16.5 Å². The summed E-state index contributed by atoms with van der Waals surface area (Å²) in [5.74, 6) is -1.34. The normalized spacial score (nSPS) is 13.4. The Morgan fingerprint density at radius 3 is 2.57 bits per heavy atom. The number of carboxylic acids is 1. The number of nitrogens with two attached hydrogens (primary N) is 1. The molecule has 0 unspecified atom stereocenters. The van der Waals surface area contributed by atoms with Crippen LogP contribution in [0.25, 0.3) is 16.6 Å². The number of aryl methyl sites for hydroxylation is 1. The van der Waals surface area contributed by atoms with E-state index in [1.54, 1.807) is 18.3 Å². The van der Waals surface area contributed by atoms with E-state index >= 15 is 0 Å². The predicted octanol–water partition coefficient (Wildman–Crippen LogP) is 3.87. The molecule has 3 aromatic rings. The van der Waals surface area contributed by atoms with Crippen molar-refractivity contribution in [2.45, 2.75) is 32.2 Å². The van der Waals surface area contributed by atoms with Crippen molar-refractivity contribution >= 4 is 23.9 Å². The first kappa shape index (κ1) is 20.0. The van der Waals surface area contributed by atoms with E-state index in [9.17, 15) is 19.1 Å². The summed E-state index contributed by atoms with van der Waals surface area (Å²) in [7, 11) is 0. The Labute approximate surface area is 167 Å². The lowest BCUT2D eigenvalue weighted by atomic mass is 9.96. The van der Waals surface area contributed by atoms with E-state index in [1.807, 2.05) is 13.0 Å². The van der Waals surface area contributed by atoms with Crippen LogP contribution in [0.5, 0.6) is 0 Å². The van der Waals surface area contributed by atoms with Crippen LogP contribution in [-0.4, -0.2) is 15.5 Å². The van der Waals surface area contributed by atoms with Crippen LogP contribution in [0.4, 0.5) is 4.39 Å². The number of fused-ring (bicyclic) bond motifs is 1. The van der Waals surface area contributed by atoms with Gasteiger partial charge < -0.3 is 10.8 Å². The van der Waals surface area contributed by atoms with Gasteiger partial charge in [-0.2, -0.15) is 0 Å². The number of pyridine rings is 2. The van der Waals surface area contributed by atoms with E-state index in [4.69, 9.17) is 5.73 Å². The number of halogens is 2. The number of aromatic carboxylic acids is 1. The third kappa shape index (κ3) is 3.19. The molecule has 1 aliphatic carbocycles. The first-order chi connectivity index (χ1) is 12.9. The second-order valence-corrected chi connectivity index (χ2v) is 6.98. The molecule has 1 saturated carbocycles. The van der Waals surface area contributed by atoms with Crippen LogP contribution in [-0.2, 0) is 6.54 Å². The quantitative estimate of drug-likeness (QED) is 0.693. The first-order valence-electron chi connectivity index (χ1n) is 8.83. The van der Waals surface area contributed by atoms with E-state index in [0.717, 1.165) is 29.5 Å². The topological polar surface area (TPSA) is 84.8 Å². The van der Waals surface area contributed by atoms with Crippen LogP contribution >= 0.6 is 12.4 Å². The van der Waals surface area contributed by atoms with E-state index in [0.29, 0.717) is 16.6 Å². The van der Waals surface area contributed by atoms with Gasteiger partial charge in [-0.15, -0.1) is 12.4 Å². The molecule has 5 nitrogen and oxygen atoms in total. The number of hydrogen-bond donors (Lipinski definition) is 2. The molecular weight excluding hydrogens is 383 g/mol. The summed E-state index contributed by atoms with van der Waals surface area (Å²) in [5, 5.41) is 9.37. The minimum Gasteiger partial charge on any atom is -0.477 e. The molecule has 7 heteroatoms. The summed E-state index contributed by atoms with van der Waals surface area (Å²) in [6.45, 7) is 2.01. The summed E-state index contributed by atoms with van der Waals surface area (Å²) in [6, 6.07) is 8.15. The largest absolute Gasteiger partial charge is 0.477 e. The lowest BCUT2D eigenvalue weighted by molar-refractivity contribution is 0.0694. The van der Waals surface area contributed by atoms with Gasteiger partial charge in [0, 0.05) is 18.3 Å². The molecule has 1 aliphatic rings. The second-order valence-electron chi connectivity index (χ2n) is 6.98. The van der Waals surface area contributed by atoms with Crippen LogP contribution < -0.4 is 11.3 Å². The van der Waals surface area contributed by atoms with Crippen LogP contribution in [0.1, 0.15) is 45.8 Å².